The molecule has 1 aliphatic heterocycles. The topological polar surface area (TPSA) is 51.2 Å². The van der Waals surface area contributed by atoms with Gasteiger partial charge in [0.1, 0.15) is 0 Å². The van der Waals surface area contributed by atoms with Gasteiger partial charge < -0.3 is 10.1 Å². The minimum atomic E-state index is 0.141. The fraction of sp³-hybridized carbons (Fsp3) is 0.667. The second-order valence-electron chi connectivity index (χ2n) is 4.31. The van der Waals surface area contributed by atoms with Gasteiger partial charge in [-0.3, -0.25) is 4.79 Å². The summed E-state index contributed by atoms with van der Waals surface area (Å²) < 4.78 is 5.24. The maximum absolute atomic E-state index is 11.8. The third-order valence-corrected chi connectivity index (χ3v) is 3.92. The van der Waals surface area contributed by atoms with Gasteiger partial charge in [0.15, 0.2) is 0 Å². The van der Waals surface area contributed by atoms with Gasteiger partial charge in [-0.25, -0.2) is 4.98 Å². The second kappa shape index (κ2) is 6.12. The molecule has 0 radical (unpaired) electrons. The van der Waals surface area contributed by atoms with E-state index in [-0.39, 0.29) is 11.8 Å². The molecule has 0 aromatic carbocycles. The van der Waals surface area contributed by atoms with Crippen molar-refractivity contribution in [1.82, 2.24) is 10.3 Å². The van der Waals surface area contributed by atoms with Crippen molar-refractivity contribution in [1.29, 1.82) is 0 Å². The van der Waals surface area contributed by atoms with Gasteiger partial charge >= 0.3 is 0 Å². The van der Waals surface area contributed by atoms with Crippen LogP contribution in [0, 0.1) is 12.8 Å². The Morgan fingerprint density at radius 2 is 2.35 bits per heavy atom. The maximum atomic E-state index is 11.8. The van der Waals surface area contributed by atoms with E-state index in [1.807, 2.05) is 12.3 Å². The zero-order chi connectivity index (χ0) is 12.1. The molecular weight excluding hydrogens is 236 g/mol. The third kappa shape index (κ3) is 3.78. The first-order valence-corrected chi connectivity index (χ1v) is 6.90. The molecule has 2 heterocycles. The summed E-state index contributed by atoms with van der Waals surface area (Å²) in [7, 11) is 0. The van der Waals surface area contributed by atoms with Crippen LogP contribution in [0.2, 0.25) is 0 Å². The molecule has 0 aliphatic carbocycles. The molecule has 1 saturated heterocycles. The highest BCUT2D eigenvalue weighted by atomic mass is 32.1. The summed E-state index contributed by atoms with van der Waals surface area (Å²) in [5.41, 5.74) is 1.06. The summed E-state index contributed by atoms with van der Waals surface area (Å²) in [5, 5.41) is 6.11. The van der Waals surface area contributed by atoms with Crippen LogP contribution in [0.3, 0.4) is 0 Å². The summed E-state index contributed by atoms with van der Waals surface area (Å²) in [4.78, 5) is 16.2. The molecule has 0 unspecified atom stereocenters. The molecule has 17 heavy (non-hydrogen) atoms. The number of nitrogens with one attached hydrogen (secondary N) is 1. The first kappa shape index (κ1) is 12.5. The van der Waals surface area contributed by atoms with Crippen molar-refractivity contribution >= 4 is 17.2 Å². The van der Waals surface area contributed by atoms with E-state index in [9.17, 15) is 4.79 Å². The molecule has 1 amide bonds. The molecule has 5 heteroatoms. The Morgan fingerprint density at radius 1 is 1.59 bits per heavy atom. The van der Waals surface area contributed by atoms with Gasteiger partial charge in [-0.15, -0.1) is 11.3 Å². The molecule has 2 rings (SSSR count). The number of nitrogens with zero attached hydrogens (tertiary/aromatic N) is 1. The van der Waals surface area contributed by atoms with Crippen LogP contribution in [0.5, 0.6) is 0 Å². The minimum absolute atomic E-state index is 0.141. The zero-order valence-electron chi connectivity index (χ0n) is 10.1. The normalized spacial score (nSPS) is 17.0. The van der Waals surface area contributed by atoms with Gasteiger partial charge in [0, 0.05) is 43.2 Å². The lowest BCUT2D eigenvalue weighted by Crippen LogP contribution is -2.35. The quantitative estimate of drug-likeness (QED) is 0.886. The Bertz CT molecular complexity index is 372. The number of carbonyl (C=O) groups is 1. The van der Waals surface area contributed by atoms with E-state index in [0.29, 0.717) is 19.8 Å². The number of aromatic nitrogens is 1. The number of aryl methyl sites for hydroxylation is 1. The standard InChI is InChI=1S/C12H18N2O2S/c1-9-8-17-11(14-9)2-5-13-12(15)10-3-6-16-7-4-10/h8,10H,2-7H2,1H3,(H,13,15). The van der Waals surface area contributed by atoms with Crippen molar-refractivity contribution in [2.75, 3.05) is 19.8 Å². The van der Waals surface area contributed by atoms with Crippen molar-refractivity contribution < 1.29 is 9.53 Å². The Morgan fingerprint density at radius 3 is 3.00 bits per heavy atom. The first-order valence-electron chi connectivity index (χ1n) is 6.02. The van der Waals surface area contributed by atoms with Crippen LogP contribution < -0.4 is 5.32 Å². The van der Waals surface area contributed by atoms with Gasteiger partial charge in [-0.1, -0.05) is 0 Å². The summed E-state index contributed by atoms with van der Waals surface area (Å²) in [6, 6.07) is 0. The summed E-state index contributed by atoms with van der Waals surface area (Å²) in [6.07, 6.45) is 2.53. The van der Waals surface area contributed by atoms with Crippen LogP contribution in [0.4, 0.5) is 0 Å². The average molecular weight is 254 g/mol. The molecule has 1 aromatic rings. The molecule has 1 aromatic heterocycles. The monoisotopic (exact) mass is 254 g/mol. The van der Waals surface area contributed by atoms with Crippen LogP contribution in [0.15, 0.2) is 5.38 Å². The highest BCUT2D eigenvalue weighted by Crippen LogP contribution is 2.14. The lowest BCUT2D eigenvalue weighted by molar-refractivity contribution is -0.127. The Balaban J connectivity index is 1.69. The van der Waals surface area contributed by atoms with E-state index < -0.39 is 0 Å². The molecule has 0 bridgehead atoms. The van der Waals surface area contributed by atoms with Gasteiger partial charge in [0.05, 0.1) is 5.01 Å². The number of thiazole rings is 1. The average Bonchev–Trinajstić information content (AvgIpc) is 2.76. The molecule has 0 spiro atoms. The van der Waals surface area contributed by atoms with Crippen molar-refractivity contribution in [2.24, 2.45) is 5.92 Å². The van der Waals surface area contributed by atoms with Crippen molar-refractivity contribution in [3.63, 3.8) is 0 Å². The van der Waals surface area contributed by atoms with E-state index in [2.05, 4.69) is 10.3 Å². The van der Waals surface area contributed by atoms with E-state index in [1.54, 1.807) is 11.3 Å². The van der Waals surface area contributed by atoms with Gasteiger partial charge in [0.25, 0.3) is 0 Å². The van der Waals surface area contributed by atoms with Crippen LogP contribution in [-0.4, -0.2) is 30.6 Å². The smallest absolute Gasteiger partial charge is 0.223 e. The summed E-state index contributed by atoms with van der Waals surface area (Å²) in [5.74, 6) is 0.309. The van der Waals surface area contributed by atoms with Gasteiger partial charge in [0.2, 0.25) is 5.91 Å². The van der Waals surface area contributed by atoms with Crippen LogP contribution in [-0.2, 0) is 16.0 Å². The largest absolute Gasteiger partial charge is 0.381 e. The predicted molar refractivity (Wildman–Crippen MR) is 67.1 cm³/mol. The molecule has 1 N–H and O–H groups in total. The molecule has 0 atom stereocenters. The molecule has 1 fully saturated rings. The molecule has 1 aliphatic rings. The number of hydrogen-bond donors (Lipinski definition) is 1. The van der Waals surface area contributed by atoms with Crippen molar-refractivity contribution in [2.45, 2.75) is 26.2 Å². The molecule has 0 saturated carbocycles. The molecule has 4 nitrogen and oxygen atoms in total. The number of ether oxygens (including phenoxy) is 1. The predicted octanol–water partition coefficient (Wildman–Crippen LogP) is 1.54. The van der Waals surface area contributed by atoms with Gasteiger partial charge in [-0.05, 0) is 19.8 Å². The Kier molecular flexibility index (Phi) is 4.50. The van der Waals surface area contributed by atoms with Crippen molar-refractivity contribution in [3.8, 4) is 0 Å². The van der Waals surface area contributed by atoms with Gasteiger partial charge in [-0.2, -0.15) is 0 Å². The maximum Gasteiger partial charge on any atom is 0.223 e. The minimum Gasteiger partial charge on any atom is -0.381 e. The number of rotatable bonds is 4. The number of hydrogen-bond acceptors (Lipinski definition) is 4. The Labute approximate surface area is 105 Å². The number of amides is 1. The Hall–Kier alpha value is -0.940. The van der Waals surface area contributed by atoms with E-state index in [1.165, 1.54) is 0 Å². The van der Waals surface area contributed by atoms with Crippen LogP contribution in [0.1, 0.15) is 23.5 Å². The third-order valence-electron chi connectivity index (χ3n) is 2.90. The molecular formula is C12H18N2O2S. The summed E-state index contributed by atoms with van der Waals surface area (Å²) >= 11 is 1.65. The van der Waals surface area contributed by atoms with Crippen LogP contribution >= 0.6 is 11.3 Å². The fourth-order valence-corrected chi connectivity index (χ4v) is 2.69. The second-order valence-corrected chi connectivity index (χ2v) is 5.25. The lowest BCUT2D eigenvalue weighted by atomic mass is 9.99. The van der Waals surface area contributed by atoms with Crippen LogP contribution in [0.25, 0.3) is 0 Å². The highest BCUT2D eigenvalue weighted by molar-refractivity contribution is 7.09. The number of carbonyl (C=O) groups excluding carboxylic acids is 1. The fourth-order valence-electron chi connectivity index (χ4n) is 1.91. The summed E-state index contributed by atoms with van der Waals surface area (Å²) in [6.45, 7) is 4.09. The molecule has 94 valence electrons. The zero-order valence-corrected chi connectivity index (χ0v) is 10.9. The van der Waals surface area contributed by atoms with E-state index >= 15 is 0 Å². The SMILES string of the molecule is Cc1csc(CCNC(=O)C2CCOCC2)n1. The van der Waals surface area contributed by atoms with E-state index in [0.717, 1.165) is 30.0 Å². The highest BCUT2D eigenvalue weighted by Gasteiger charge is 2.20. The van der Waals surface area contributed by atoms with Crippen molar-refractivity contribution in [3.05, 3.63) is 16.1 Å². The lowest BCUT2D eigenvalue weighted by Gasteiger charge is -2.21. The first-order chi connectivity index (χ1) is 8.25. The van der Waals surface area contributed by atoms with E-state index in [4.69, 9.17) is 4.74 Å².